The SMILES string of the molecule is CC1(C)c2ccccc2-c2c(-c3nc(-n4c5ccc(-n6c7ccccc7c7ccccc76)cc5c5c6ccccc6ccc54)nc4ccccc34)cccc21. The summed E-state index contributed by atoms with van der Waals surface area (Å²) in [6.07, 6.45) is 0. The van der Waals surface area contributed by atoms with Gasteiger partial charge in [-0.05, 0) is 75.5 Å². The summed E-state index contributed by atoms with van der Waals surface area (Å²) in [5.74, 6) is 0.664. The summed E-state index contributed by atoms with van der Waals surface area (Å²) in [6, 6.07) is 61.5. The van der Waals surface area contributed by atoms with Crippen molar-refractivity contribution < 1.29 is 0 Å². The van der Waals surface area contributed by atoms with Crippen LogP contribution in [0.5, 0.6) is 0 Å². The van der Waals surface area contributed by atoms with Gasteiger partial charge in [0.15, 0.2) is 0 Å². The Bertz CT molecular complexity index is 3360. The number of rotatable bonds is 3. The summed E-state index contributed by atoms with van der Waals surface area (Å²) < 4.78 is 4.68. The Labute approximate surface area is 317 Å². The lowest BCUT2D eigenvalue weighted by Gasteiger charge is -2.21. The van der Waals surface area contributed by atoms with Gasteiger partial charge >= 0.3 is 0 Å². The molecule has 0 unspecified atom stereocenters. The van der Waals surface area contributed by atoms with Crippen molar-refractivity contribution in [2.45, 2.75) is 19.3 Å². The van der Waals surface area contributed by atoms with E-state index in [0.717, 1.165) is 38.9 Å². The number of hydrogen-bond donors (Lipinski definition) is 0. The average Bonchev–Trinajstić information content (AvgIpc) is 3.83. The van der Waals surface area contributed by atoms with Crippen LogP contribution in [0.15, 0.2) is 170 Å². The first-order valence-electron chi connectivity index (χ1n) is 19.0. The third-order valence-electron chi connectivity index (χ3n) is 12.1. The largest absolute Gasteiger partial charge is 0.309 e. The third kappa shape index (κ3) is 4.11. The fourth-order valence-electron chi connectivity index (χ4n) is 9.66. The summed E-state index contributed by atoms with van der Waals surface area (Å²) in [5, 5.41) is 8.33. The van der Waals surface area contributed by atoms with E-state index in [1.165, 1.54) is 65.6 Å². The number of nitrogens with zero attached hydrogens (tertiary/aromatic N) is 4. The van der Waals surface area contributed by atoms with Crippen LogP contribution in [-0.2, 0) is 5.41 Å². The molecule has 0 N–H and O–H groups in total. The van der Waals surface area contributed by atoms with Crippen molar-refractivity contribution in [1.82, 2.24) is 19.1 Å². The molecule has 3 aromatic heterocycles. The predicted molar refractivity (Wildman–Crippen MR) is 229 cm³/mol. The second-order valence-corrected chi connectivity index (χ2v) is 15.4. The van der Waals surface area contributed by atoms with Gasteiger partial charge in [-0.25, -0.2) is 9.97 Å². The molecule has 0 atom stereocenters. The minimum absolute atomic E-state index is 0.116. The Hall–Kier alpha value is -7.04. The van der Waals surface area contributed by atoms with E-state index in [2.05, 4.69) is 193 Å². The monoisotopic (exact) mass is 702 g/mol. The average molecular weight is 703 g/mol. The molecule has 0 spiro atoms. The molecule has 4 heteroatoms. The van der Waals surface area contributed by atoms with E-state index in [1.54, 1.807) is 0 Å². The van der Waals surface area contributed by atoms with E-state index in [1.807, 2.05) is 0 Å². The summed E-state index contributed by atoms with van der Waals surface area (Å²) in [7, 11) is 0. The Morgan fingerprint density at radius 2 is 1.05 bits per heavy atom. The van der Waals surface area contributed by atoms with Crippen LogP contribution in [-0.4, -0.2) is 19.1 Å². The summed E-state index contributed by atoms with van der Waals surface area (Å²) in [6.45, 7) is 4.67. The summed E-state index contributed by atoms with van der Waals surface area (Å²) in [4.78, 5) is 10.9. The molecule has 3 heterocycles. The molecule has 258 valence electrons. The molecule has 0 amide bonds. The summed E-state index contributed by atoms with van der Waals surface area (Å²) in [5.41, 5.74) is 13.8. The van der Waals surface area contributed by atoms with Crippen LogP contribution >= 0.6 is 0 Å². The molecular weight excluding hydrogens is 669 g/mol. The van der Waals surface area contributed by atoms with Gasteiger partial charge in [-0.3, -0.25) is 4.57 Å². The molecule has 0 aliphatic heterocycles. The minimum Gasteiger partial charge on any atom is -0.309 e. The lowest BCUT2D eigenvalue weighted by molar-refractivity contribution is 0.660. The zero-order chi connectivity index (χ0) is 36.4. The quantitative estimate of drug-likeness (QED) is 0.184. The van der Waals surface area contributed by atoms with Crippen LogP contribution in [0.1, 0.15) is 25.0 Å². The maximum Gasteiger partial charge on any atom is 0.235 e. The van der Waals surface area contributed by atoms with E-state index in [9.17, 15) is 0 Å². The normalized spacial score (nSPS) is 13.4. The third-order valence-corrected chi connectivity index (χ3v) is 12.1. The number of benzene rings is 8. The minimum atomic E-state index is -0.116. The Kier molecular flexibility index (Phi) is 6.09. The van der Waals surface area contributed by atoms with Crippen LogP contribution in [0.2, 0.25) is 0 Å². The second kappa shape index (κ2) is 11.0. The van der Waals surface area contributed by atoms with Gasteiger partial charge < -0.3 is 4.57 Å². The van der Waals surface area contributed by atoms with E-state index in [0.29, 0.717) is 5.95 Å². The van der Waals surface area contributed by atoms with Crippen molar-refractivity contribution >= 4 is 65.3 Å². The summed E-state index contributed by atoms with van der Waals surface area (Å²) >= 11 is 0. The molecule has 0 fully saturated rings. The van der Waals surface area contributed by atoms with E-state index >= 15 is 0 Å². The smallest absolute Gasteiger partial charge is 0.235 e. The van der Waals surface area contributed by atoms with E-state index in [4.69, 9.17) is 9.97 Å². The zero-order valence-corrected chi connectivity index (χ0v) is 30.5. The van der Waals surface area contributed by atoms with Gasteiger partial charge in [-0.1, -0.05) is 141 Å². The highest BCUT2D eigenvalue weighted by Gasteiger charge is 2.37. The van der Waals surface area contributed by atoms with Crippen molar-refractivity contribution in [3.05, 3.63) is 181 Å². The lowest BCUT2D eigenvalue weighted by Crippen LogP contribution is -2.14. The standard InChI is InChI=1S/C51H34N4/c1-51(2)40-21-9-5-18-36(40)47-38(20-13-22-41(47)51)49-37-19-6-10-23-42(37)52-50(53-49)55-45-29-27-32(30-39(45)48-33-15-4-3-14-31(33)26-28-46(48)55)54-43-24-11-7-16-34(43)35-17-8-12-25-44(35)54/h3-30H,1-2H3. The maximum absolute atomic E-state index is 5.59. The van der Waals surface area contributed by atoms with Gasteiger partial charge in [0.05, 0.1) is 33.3 Å². The van der Waals surface area contributed by atoms with Crippen molar-refractivity contribution in [2.75, 3.05) is 0 Å². The molecule has 55 heavy (non-hydrogen) atoms. The van der Waals surface area contributed by atoms with E-state index in [-0.39, 0.29) is 5.41 Å². The predicted octanol–water partition coefficient (Wildman–Crippen LogP) is 13.0. The highest BCUT2D eigenvalue weighted by molar-refractivity contribution is 6.22. The molecular formula is C51H34N4. The van der Waals surface area contributed by atoms with Crippen LogP contribution in [0, 0.1) is 0 Å². The molecule has 0 saturated heterocycles. The number of aromatic nitrogens is 4. The van der Waals surface area contributed by atoms with Crippen molar-refractivity contribution in [2.24, 2.45) is 0 Å². The first-order chi connectivity index (χ1) is 27.1. The first-order valence-corrected chi connectivity index (χ1v) is 19.0. The molecule has 0 bridgehead atoms. The molecule has 0 radical (unpaired) electrons. The number of fused-ring (bicyclic) bond motifs is 12. The van der Waals surface area contributed by atoms with Gasteiger partial charge in [0.1, 0.15) is 0 Å². The molecule has 1 aliphatic carbocycles. The Morgan fingerprint density at radius 1 is 0.436 bits per heavy atom. The van der Waals surface area contributed by atoms with Crippen LogP contribution in [0.4, 0.5) is 0 Å². The molecule has 8 aromatic carbocycles. The van der Waals surface area contributed by atoms with Gasteiger partial charge in [0, 0.05) is 43.6 Å². The molecule has 12 rings (SSSR count). The lowest BCUT2D eigenvalue weighted by atomic mass is 9.82. The van der Waals surface area contributed by atoms with Crippen LogP contribution < -0.4 is 0 Å². The number of hydrogen-bond acceptors (Lipinski definition) is 2. The van der Waals surface area contributed by atoms with Crippen molar-refractivity contribution in [3.8, 4) is 34.0 Å². The topological polar surface area (TPSA) is 35.6 Å². The fraction of sp³-hybridized carbons (Fsp3) is 0.0588. The van der Waals surface area contributed by atoms with Crippen LogP contribution in [0.3, 0.4) is 0 Å². The molecule has 0 saturated carbocycles. The van der Waals surface area contributed by atoms with Crippen molar-refractivity contribution in [1.29, 1.82) is 0 Å². The maximum atomic E-state index is 5.59. The highest BCUT2D eigenvalue weighted by Crippen LogP contribution is 2.52. The van der Waals surface area contributed by atoms with Gasteiger partial charge in [-0.2, -0.15) is 0 Å². The molecule has 1 aliphatic rings. The van der Waals surface area contributed by atoms with Gasteiger partial charge in [-0.15, -0.1) is 0 Å². The fourth-order valence-corrected chi connectivity index (χ4v) is 9.66. The Balaban J connectivity index is 1.18. The zero-order valence-electron chi connectivity index (χ0n) is 30.5. The molecule has 11 aromatic rings. The molecule has 4 nitrogen and oxygen atoms in total. The number of para-hydroxylation sites is 3. The van der Waals surface area contributed by atoms with Gasteiger partial charge in [0.25, 0.3) is 0 Å². The second-order valence-electron chi connectivity index (χ2n) is 15.4. The van der Waals surface area contributed by atoms with E-state index < -0.39 is 0 Å². The van der Waals surface area contributed by atoms with Crippen LogP contribution in [0.25, 0.3) is 99.3 Å². The highest BCUT2D eigenvalue weighted by atomic mass is 15.2. The Morgan fingerprint density at radius 3 is 1.87 bits per heavy atom. The van der Waals surface area contributed by atoms with Gasteiger partial charge in [0.2, 0.25) is 5.95 Å². The first kappa shape index (κ1) is 30.4. The van der Waals surface area contributed by atoms with Crippen molar-refractivity contribution in [3.63, 3.8) is 0 Å².